The van der Waals surface area contributed by atoms with E-state index in [1.807, 2.05) is 26.0 Å². The molecule has 2 aliphatic rings. The van der Waals surface area contributed by atoms with Crippen LogP contribution >= 0.6 is 0 Å². The highest BCUT2D eigenvalue weighted by Gasteiger charge is 2.58. The van der Waals surface area contributed by atoms with Gasteiger partial charge in [-0.25, -0.2) is 0 Å². The average Bonchev–Trinajstić information content (AvgIpc) is 3.03. The van der Waals surface area contributed by atoms with E-state index in [0.717, 1.165) is 25.7 Å². The van der Waals surface area contributed by atoms with Gasteiger partial charge in [0.15, 0.2) is 0 Å². The number of nitrogens with zero attached hydrogens (tertiary/aromatic N) is 1. The predicted molar refractivity (Wildman–Crippen MR) is 112 cm³/mol. The van der Waals surface area contributed by atoms with E-state index in [2.05, 4.69) is 17.6 Å². The molecule has 7 nitrogen and oxygen atoms in total. The van der Waals surface area contributed by atoms with E-state index in [1.165, 1.54) is 0 Å². The molecule has 3 amide bonds. The summed E-state index contributed by atoms with van der Waals surface area (Å²) in [5.74, 6) is -2.02. The molecule has 0 aromatic heterocycles. The van der Waals surface area contributed by atoms with Crippen LogP contribution in [0.3, 0.4) is 0 Å². The summed E-state index contributed by atoms with van der Waals surface area (Å²) in [4.78, 5) is 40.9. The van der Waals surface area contributed by atoms with Gasteiger partial charge in [0.05, 0.1) is 24.5 Å². The molecule has 0 bridgehead atoms. The highest BCUT2D eigenvalue weighted by molar-refractivity contribution is 5.97. The molecule has 1 aliphatic carbocycles. The summed E-state index contributed by atoms with van der Waals surface area (Å²) in [7, 11) is 1.58. The van der Waals surface area contributed by atoms with Crippen LogP contribution in [0, 0.1) is 23.7 Å². The van der Waals surface area contributed by atoms with Crippen molar-refractivity contribution in [2.24, 2.45) is 23.7 Å². The molecular weight excluding hydrogens is 370 g/mol. The maximum Gasteiger partial charge on any atom is 0.243 e. The van der Waals surface area contributed by atoms with E-state index in [4.69, 9.17) is 0 Å². The first-order valence-electron chi connectivity index (χ1n) is 11.1. The Balaban J connectivity index is 2.39. The number of aliphatic hydroxyl groups is 1. The number of fused-ring (bicyclic) bond motifs is 1. The Bertz CT molecular complexity index is 617. The van der Waals surface area contributed by atoms with Gasteiger partial charge in [0.25, 0.3) is 0 Å². The van der Waals surface area contributed by atoms with Crippen molar-refractivity contribution < 1.29 is 19.5 Å². The summed E-state index contributed by atoms with van der Waals surface area (Å²) >= 11 is 0. The Kier molecular flexibility index (Phi) is 8.68. The molecule has 6 atom stereocenters. The number of amides is 3. The van der Waals surface area contributed by atoms with Crippen LogP contribution in [0.4, 0.5) is 0 Å². The Morgan fingerprint density at radius 3 is 2.45 bits per heavy atom. The smallest absolute Gasteiger partial charge is 0.243 e. The van der Waals surface area contributed by atoms with Gasteiger partial charge in [-0.2, -0.15) is 0 Å². The summed E-state index contributed by atoms with van der Waals surface area (Å²) < 4.78 is 0. The van der Waals surface area contributed by atoms with Crippen molar-refractivity contribution >= 4 is 17.7 Å². The number of hydrogen-bond donors (Lipinski definition) is 3. The number of allylic oxidation sites excluding steroid dienone is 1. The number of rotatable bonds is 10. The number of carbonyl (C=O) groups is 3. The van der Waals surface area contributed by atoms with Crippen molar-refractivity contribution in [3.05, 3.63) is 12.2 Å². The fraction of sp³-hybridized carbons (Fsp3) is 0.773. The molecule has 0 aromatic rings. The molecule has 1 saturated heterocycles. The quantitative estimate of drug-likeness (QED) is 0.377. The van der Waals surface area contributed by atoms with Crippen LogP contribution in [-0.4, -0.2) is 60.0 Å². The monoisotopic (exact) mass is 407 g/mol. The van der Waals surface area contributed by atoms with E-state index in [1.54, 1.807) is 11.9 Å². The van der Waals surface area contributed by atoms with Crippen molar-refractivity contribution in [2.75, 3.05) is 20.2 Å². The number of aliphatic hydroxyl groups excluding tert-OH is 1. The number of unbranched alkanes of at least 4 members (excludes halogenated alkanes) is 2. The molecule has 3 N–H and O–H groups in total. The highest BCUT2D eigenvalue weighted by atomic mass is 16.3. The minimum absolute atomic E-state index is 0.0393. The van der Waals surface area contributed by atoms with Crippen LogP contribution in [-0.2, 0) is 14.4 Å². The molecule has 0 spiro atoms. The SMILES string of the molecule is CCCCCNC(=O)[C@@H]1[C@H]2C=C[C@@H](CC)[C@@H](C(=O)NC)[C@@H]2C(=O)N1[C@@H](CC)CO. The number of likely N-dealkylation sites (tertiary alicyclic amines) is 1. The van der Waals surface area contributed by atoms with Gasteiger partial charge in [-0.05, 0) is 25.2 Å². The lowest BCUT2D eigenvalue weighted by molar-refractivity contribution is -0.143. The zero-order valence-electron chi connectivity index (χ0n) is 18.2. The second-order valence-corrected chi connectivity index (χ2v) is 8.13. The second kappa shape index (κ2) is 10.8. The van der Waals surface area contributed by atoms with Gasteiger partial charge >= 0.3 is 0 Å². The van der Waals surface area contributed by atoms with E-state index < -0.39 is 23.9 Å². The topological polar surface area (TPSA) is 98.7 Å². The summed E-state index contributed by atoms with van der Waals surface area (Å²) in [6, 6.07) is -1.12. The van der Waals surface area contributed by atoms with Crippen molar-refractivity contribution in [2.45, 2.75) is 65.0 Å². The van der Waals surface area contributed by atoms with Crippen molar-refractivity contribution in [3.8, 4) is 0 Å². The predicted octanol–water partition coefficient (Wildman–Crippen LogP) is 1.47. The Labute approximate surface area is 174 Å². The van der Waals surface area contributed by atoms with Gasteiger partial charge in [0.1, 0.15) is 6.04 Å². The third-order valence-corrected chi connectivity index (χ3v) is 6.49. The van der Waals surface area contributed by atoms with Gasteiger partial charge in [0, 0.05) is 19.5 Å². The molecule has 1 aliphatic heterocycles. The molecule has 29 heavy (non-hydrogen) atoms. The lowest BCUT2D eigenvalue weighted by atomic mass is 9.69. The molecule has 7 heteroatoms. The Morgan fingerprint density at radius 2 is 1.90 bits per heavy atom. The van der Waals surface area contributed by atoms with Crippen LogP contribution in [0.1, 0.15) is 52.9 Å². The van der Waals surface area contributed by atoms with Gasteiger partial charge in [0.2, 0.25) is 17.7 Å². The molecule has 1 fully saturated rings. The fourth-order valence-electron chi connectivity index (χ4n) is 4.86. The van der Waals surface area contributed by atoms with E-state index >= 15 is 0 Å². The van der Waals surface area contributed by atoms with E-state index in [0.29, 0.717) is 13.0 Å². The first-order valence-corrected chi connectivity index (χ1v) is 11.1. The summed E-state index contributed by atoms with van der Waals surface area (Å²) in [6.45, 7) is 6.37. The number of carbonyl (C=O) groups excluding carboxylic acids is 3. The Hall–Kier alpha value is -1.89. The van der Waals surface area contributed by atoms with E-state index in [9.17, 15) is 19.5 Å². The summed E-state index contributed by atoms with van der Waals surface area (Å²) in [5.41, 5.74) is 0. The minimum atomic E-state index is -0.688. The van der Waals surface area contributed by atoms with E-state index in [-0.39, 0.29) is 36.2 Å². The average molecular weight is 408 g/mol. The standard InChI is InChI=1S/C22H37N3O4/c1-5-8-9-12-24-21(28)19-16-11-10-14(6-2)17(20(27)23-4)18(16)22(29)25(19)15(7-3)13-26/h10-11,14-19,26H,5-9,12-13H2,1-4H3,(H,23,27)(H,24,28)/t14-,15+,16+,17-,18-,19+/m1/s1. The Morgan fingerprint density at radius 1 is 1.17 bits per heavy atom. The third kappa shape index (κ3) is 4.65. The van der Waals surface area contributed by atoms with Crippen LogP contribution < -0.4 is 10.6 Å². The van der Waals surface area contributed by atoms with Crippen LogP contribution in [0.25, 0.3) is 0 Å². The normalized spacial score (nSPS) is 29.5. The lowest BCUT2D eigenvalue weighted by Crippen LogP contribution is -2.52. The molecule has 1 heterocycles. The van der Waals surface area contributed by atoms with Gasteiger partial charge in [-0.3, -0.25) is 14.4 Å². The van der Waals surface area contributed by atoms with Gasteiger partial charge in [-0.15, -0.1) is 0 Å². The number of hydrogen-bond acceptors (Lipinski definition) is 4. The molecule has 0 radical (unpaired) electrons. The highest BCUT2D eigenvalue weighted by Crippen LogP contribution is 2.45. The van der Waals surface area contributed by atoms with Crippen molar-refractivity contribution in [1.82, 2.24) is 15.5 Å². The summed E-state index contributed by atoms with van der Waals surface area (Å²) in [6.07, 6.45) is 8.23. The third-order valence-electron chi connectivity index (χ3n) is 6.49. The lowest BCUT2D eigenvalue weighted by Gasteiger charge is -2.34. The van der Waals surface area contributed by atoms with Crippen molar-refractivity contribution in [3.63, 3.8) is 0 Å². The molecular formula is C22H37N3O4. The first kappa shape index (κ1) is 23.4. The van der Waals surface area contributed by atoms with Gasteiger partial charge in [-0.1, -0.05) is 45.8 Å². The van der Waals surface area contributed by atoms with Gasteiger partial charge < -0.3 is 20.6 Å². The summed E-state index contributed by atoms with van der Waals surface area (Å²) in [5, 5.41) is 15.6. The molecule has 0 saturated carbocycles. The van der Waals surface area contributed by atoms with Crippen molar-refractivity contribution in [1.29, 1.82) is 0 Å². The molecule has 0 unspecified atom stereocenters. The van der Waals surface area contributed by atoms with Crippen LogP contribution in [0.2, 0.25) is 0 Å². The zero-order chi connectivity index (χ0) is 21.6. The molecule has 2 rings (SSSR count). The first-order chi connectivity index (χ1) is 14.0. The molecule has 0 aromatic carbocycles. The second-order valence-electron chi connectivity index (χ2n) is 8.13. The minimum Gasteiger partial charge on any atom is -0.394 e. The van der Waals surface area contributed by atoms with Crippen LogP contribution in [0.15, 0.2) is 12.2 Å². The maximum atomic E-state index is 13.5. The molecule has 164 valence electrons. The van der Waals surface area contributed by atoms with Crippen LogP contribution in [0.5, 0.6) is 0 Å². The largest absolute Gasteiger partial charge is 0.394 e. The number of nitrogens with one attached hydrogen (secondary N) is 2. The fourth-order valence-corrected chi connectivity index (χ4v) is 4.86. The zero-order valence-corrected chi connectivity index (χ0v) is 18.2. The maximum absolute atomic E-state index is 13.5.